The molecule has 18 heavy (non-hydrogen) atoms. The van der Waals surface area contributed by atoms with Gasteiger partial charge < -0.3 is 4.74 Å². The van der Waals surface area contributed by atoms with Crippen molar-refractivity contribution in [1.29, 1.82) is 0 Å². The molecule has 1 aromatic heterocycles. The number of ether oxygens (including phenoxy) is 1. The summed E-state index contributed by atoms with van der Waals surface area (Å²) in [5, 5.41) is 8.14. The average molecular weight is 247 g/mol. The Bertz CT molecular complexity index is 575. The summed E-state index contributed by atoms with van der Waals surface area (Å²) in [6.45, 7) is 4.26. The third-order valence-corrected chi connectivity index (χ3v) is 3.05. The predicted octanol–water partition coefficient (Wildman–Crippen LogP) is 1.77. The lowest BCUT2D eigenvalue weighted by molar-refractivity contribution is -0.143. The van der Waals surface area contributed by atoms with Crippen molar-refractivity contribution in [1.82, 2.24) is 15.0 Å². The maximum atomic E-state index is 11.3. The number of esters is 1. The summed E-state index contributed by atoms with van der Waals surface area (Å²) in [6.07, 6.45) is 1.08. The molecule has 0 saturated heterocycles. The van der Waals surface area contributed by atoms with E-state index in [-0.39, 0.29) is 5.97 Å². The first kappa shape index (κ1) is 12.5. The van der Waals surface area contributed by atoms with Crippen LogP contribution in [0, 0.1) is 6.92 Å². The largest absolute Gasteiger partial charge is 0.466 e. The van der Waals surface area contributed by atoms with E-state index in [1.165, 1.54) is 0 Å². The molecular weight excluding hydrogens is 230 g/mol. The number of benzene rings is 1. The van der Waals surface area contributed by atoms with E-state index >= 15 is 0 Å². The summed E-state index contributed by atoms with van der Waals surface area (Å²) < 4.78 is 6.67. The molecule has 1 heterocycles. The highest BCUT2D eigenvalue weighted by molar-refractivity contribution is 5.79. The Balaban J connectivity index is 2.19. The summed E-state index contributed by atoms with van der Waals surface area (Å²) >= 11 is 0. The van der Waals surface area contributed by atoms with Crippen molar-refractivity contribution in [2.24, 2.45) is 7.05 Å². The van der Waals surface area contributed by atoms with Crippen molar-refractivity contribution < 1.29 is 9.53 Å². The first-order chi connectivity index (χ1) is 8.63. The van der Waals surface area contributed by atoms with Crippen molar-refractivity contribution in [2.75, 3.05) is 6.61 Å². The van der Waals surface area contributed by atoms with Crippen LogP contribution in [0.25, 0.3) is 11.0 Å². The normalized spacial score (nSPS) is 10.8. The number of carbonyl (C=O) groups excluding carboxylic acids is 1. The highest BCUT2D eigenvalue weighted by Gasteiger charge is 2.10. The molecule has 0 aliphatic rings. The molecule has 0 amide bonds. The van der Waals surface area contributed by atoms with Crippen LogP contribution >= 0.6 is 0 Å². The SMILES string of the molecule is CCOC(=O)CCc1ccc2c(nnn2C)c1C. The van der Waals surface area contributed by atoms with E-state index in [1.807, 2.05) is 33.0 Å². The second kappa shape index (κ2) is 5.16. The maximum absolute atomic E-state index is 11.3. The average Bonchev–Trinajstić information content (AvgIpc) is 2.72. The predicted molar refractivity (Wildman–Crippen MR) is 68.2 cm³/mol. The van der Waals surface area contributed by atoms with E-state index in [0.717, 1.165) is 22.2 Å². The Morgan fingerprint density at radius 2 is 2.22 bits per heavy atom. The van der Waals surface area contributed by atoms with Gasteiger partial charge in [-0.2, -0.15) is 0 Å². The van der Waals surface area contributed by atoms with Crippen LogP contribution in [0.15, 0.2) is 12.1 Å². The molecule has 0 fully saturated rings. The molecule has 0 spiro atoms. The molecule has 2 aromatic rings. The molecule has 1 aromatic carbocycles. The quantitative estimate of drug-likeness (QED) is 0.773. The van der Waals surface area contributed by atoms with Gasteiger partial charge in [0.25, 0.3) is 0 Å². The highest BCUT2D eigenvalue weighted by Crippen LogP contribution is 2.20. The van der Waals surface area contributed by atoms with Gasteiger partial charge in [0.05, 0.1) is 12.1 Å². The lowest BCUT2D eigenvalue weighted by Gasteiger charge is -2.06. The number of hydrogen-bond donors (Lipinski definition) is 0. The molecule has 0 radical (unpaired) electrons. The summed E-state index contributed by atoms with van der Waals surface area (Å²) in [4.78, 5) is 11.3. The van der Waals surface area contributed by atoms with Gasteiger partial charge in [0.2, 0.25) is 0 Å². The van der Waals surface area contributed by atoms with Crippen molar-refractivity contribution in [3.63, 3.8) is 0 Å². The topological polar surface area (TPSA) is 57.0 Å². The number of hydrogen-bond acceptors (Lipinski definition) is 4. The van der Waals surface area contributed by atoms with Gasteiger partial charge in [0, 0.05) is 13.5 Å². The van der Waals surface area contributed by atoms with Gasteiger partial charge >= 0.3 is 5.97 Å². The minimum atomic E-state index is -0.156. The number of nitrogens with zero attached hydrogens (tertiary/aromatic N) is 3. The minimum Gasteiger partial charge on any atom is -0.466 e. The molecule has 2 rings (SSSR count). The number of aryl methyl sites for hydroxylation is 3. The van der Waals surface area contributed by atoms with Crippen LogP contribution in [0.4, 0.5) is 0 Å². The molecule has 0 atom stereocenters. The van der Waals surface area contributed by atoms with Crippen LogP contribution in [0.2, 0.25) is 0 Å². The van der Waals surface area contributed by atoms with Gasteiger partial charge in [-0.3, -0.25) is 4.79 Å². The standard InChI is InChI=1S/C13H17N3O2/c1-4-18-12(17)8-6-10-5-7-11-13(9(10)2)14-15-16(11)3/h5,7H,4,6,8H2,1-3H3. The van der Waals surface area contributed by atoms with E-state index < -0.39 is 0 Å². The zero-order chi connectivity index (χ0) is 13.1. The Kier molecular flexibility index (Phi) is 3.60. The van der Waals surface area contributed by atoms with Crippen molar-refractivity contribution in [3.05, 3.63) is 23.3 Å². The fourth-order valence-electron chi connectivity index (χ4n) is 2.02. The zero-order valence-corrected chi connectivity index (χ0v) is 10.9. The molecule has 0 bridgehead atoms. The fraction of sp³-hybridized carbons (Fsp3) is 0.462. The lowest BCUT2D eigenvalue weighted by atomic mass is 10.0. The van der Waals surface area contributed by atoms with E-state index in [9.17, 15) is 4.79 Å². The van der Waals surface area contributed by atoms with Crippen molar-refractivity contribution >= 4 is 17.0 Å². The first-order valence-corrected chi connectivity index (χ1v) is 6.07. The van der Waals surface area contributed by atoms with E-state index in [0.29, 0.717) is 19.4 Å². The van der Waals surface area contributed by atoms with Crippen LogP contribution in [-0.4, -0.2) is 27.6 Å². The minimum absolute atomic E-state index is 0.156. The van der Waals surface area contributed by atoms with Crippen LogP contribution in [0.3, 0.4) is 0 Å². The van der Waals surface area contributed by atoms with Crippen LogP contribution < -0.4 is 0 Å². The molecule has 0 unspecified atom stereocenters. The van der Waals surface area contributed by atoms with Gasteiger partial charge in [-0.25, -0.2) is 4.68 Å². The Morgan fingerprint density at radius 1 is 1.44 bits per heavy atom. The lowest BCUT2D eigenvalue weighted by Crippen LogP contribution is -2.05. The number of carbonyl (C=O) groups is 1. The molecule has 0 saturated carbocycles. The summed E-state index contributed by atoms with van der Waals surface area (Å²) in [7, 11) is 1.87. The van der Waals surface area contributed by atoms with Crippen molar-refractivity contribution in [3.8, 4) is 0 Å². The van der Waals surface area contributed by atoms with Crippen LogP contribution in [0.5, 0.6) is 0 Å². The number of rotatable bonds is 4. The third-order valence-electron chi connectivity index (χ3n) is 3.05. The Labute approximate surface area is 106 Å². The van der Waals surface area contributed by atoms with Crippen molar-refractivity contribution in [2.45, 2.75) is 26.7 Å². The molecule has 5 heteroatoms. The molecule has 0 aliphatic carbocycles. The number of aromatic nitrogens is 3. The summed E-state index contributed by atoms with van der Waals surface area (Å²) in [5.41, 5.74) is 4.12. The molecule has 0 N–H and O–H groups in total. The maximum Gasteiger partial charge on any atom is 0.306 e. The fourth-order valence-corrected chi connectivity index (χ4v) is 2.02. The van der Waals surface area contributed by atoms with E-state index in [4.69, 9.17) is 4.74 Å². The van der Waals surface area contributed by atoms with Gasteiger partial charge in [-0.15, -0.1) is 5.10 Å². The van der Waals surface area contributed by atoms with Gasteiger partial charge in [-0.1, -0.05) is 11.3 Å². The highest BCUT2D eigenvalue weighted by atomic mass is 16.5. The van der Waals surface area contributed by atoms with E-state index in [1.54, 1.807) is 4.68 Å². The molecule has 0 aliphatic heterocycles. The second-order valence-electron chi connectivity index (χ2n) is 4.24. The zero-order valence-electron chi connectivity index (χ0n) is 10.9. The second-order valence-corrected chi connectivity index (χ2v) is 4.24. The monoisotopic (exact) mass is 247 g/mol. The Morgan fingerprint density at radius 3 is 2.94 bits per heavy atom. The number of fused-ring (bicyclic) bond motifs is 1. The van der Waals surface area contributed by atoms with Crippen LogP contribution in [-0.2, 0) is 23.0 Å². The van der Waals surface area contributed by atoms with Gasteiger partial charge in [-0.05, 0) is 37.5 Å². The third kappa shape index (κ3) is 2.34. The van der Waals surface area contributed by atoms with Gasteiger partial charge in [0.1, 0.15) is 5.52 Å². The van der Waals surface area contributed by atoms with Gasteiger partial charge in [0.15, 0.2) is 0 Å². The van der Waals surface area contributed by atoms with Crippen LogP contribution in [0.1, 0.15) is 24.5 Å². The summed E-state index contributed by atoms with van der Waals surface area (Å²) in [5.74, 6) is -0.156. The molecule has 5 nitrogen and oxygen atoms in total. The molecular formula is C13H17N3O2. The Hall–Kier alpha value is -1.91. The van der Waals surface area contributed by atoms with E-state index in [2.05, 4.69) is 10.3 Å². The molecule has 96 valence electrons. The first-order valence-electron chi connectivity index (χ1n) is 6.07. The smallest absolute Gasteiger partial charge is 0.306 e. The summed E-state index contributed by atoms with van der Waals surface area (Å²) in [6, 6.07) is 4.02.